The van der Waals surface area contributed by atoms with Gasteiger partial charge in [0.2, 0.25) is 5.91 Å². The lowest BCUT2D eigenvalue weighted by atomic mass is 9.91. The Morgan fingerprint density at radius 2 is 2.07 bits per heavy atom. The van der Waals surface area contributed by atoms with Crippen molar-refractivity contribution < 1.29 is 13.9 Å². The number of benzene rings is 2. The molecule has 4 rings (SSSR count). The number of aromatic nitrogens is 2. The maximum atomic E-state index is 14.5. The molecule has 2 heterocycles. The molecule has 0 unspecified atom stereocenters. The lowest BCUT2D eigenvalue weighted by molar-refractivity contribution is -0.123. The number of carbonyl (C=O) groups is 1. The highest BCUT2D eigenvalue weighted by molar-refractivity contribution is 5.77. The van der Waals surface area contributed by atoms with Crippen LogP contribution in [0.5, 0.6) is 5.75 Å². The van der Waals surface area contributed by atoms with E-state index < -0.39 is 6.04 Å². The van der Waals surface area contributed by atoms with Crippen LogP contribution in [0.15, 0.2) is 54.7 Å². The monoisotopic (exact) mass is 394 g/mol. The van der Waals surface area contributed by atoms with E-state index in [2.05, 4.69) is 20.8 Å². The van der Waals surface area contributed by atoms with Gasteiger partial charge in [0.05, 0.1) is 25.0 Å². The van der Waals surface area contributed by atoms with Crippen LogP contribution in [0.25, 0.3) is 11.3 Å². The van der Waals surface area contributed by atoms with Crippen molar-refractivity contribution in [1.29, 1.82) is 0 Å². The number of nitrogens with one attached hydrogen (secondary N) is 3. The van der Waals surface area contributed by atoms with Gasteiger partial charge in [-0.2, -0.15) is 5.10 Å². The summed E-state index contributed by atoms with van der Waals surface area (Å²) in [5.41, 5.74) is 3.43. The number of aromatic amines is 1. The van der Waals surface area contributed by atoms with Gasteiger partial charge in [-0.3, -0.25) is 9.89 Å². The molecule has 2 atom stereocenters. The van der Waals surface area contributed by atoms with Gasteiger partial charge in [-0.05, 0) is 30.2 Å². The largest absolute Gasteiger partial charge is 0.497 e. The fraction of sp³-hybridized carbons (Fsp3) is 0.273. The second-order valence-electron chi connectivity index (χ2n) is 7.09. The topological polar surface area (TPSA) is 79.0 Å². The van der Waals surface area contributed by atoms with Crippen LogP contribution in [0.1, 0.15) is 30.0 Å². The van der Waals surface area contributed by atoms with Gasteiger partial charge in [-0.1, -0.05) is 30.3 Å². The zero-order chi connectivity index (χ0) is 20.2. The SMILES string of the molecule is COc1ccc(F)c([C@@H]2NC(=O)CC[C@H]2NCc2cn[nH]c2-c2ccccc2)c1. The molecule has 0 aliphatic carbocycles. The predicted molar refractivity (Wildman–Crippen MR) is 108 cm³/mol. The summed E-state index contributed by atoms with van der Waals surface area (Å²) in [6, 6.07) is 14.0. The quantitative estimate of drug-likeness (QED) is 0.599. The maximum Gasteiger partial charge on any atom is 0.220 e. The Kier molecular flexibility index (Phi) is 5.57. The molecular weight excluding hydrogens is 371 g/mol. The van der Waals surface area contributed by atoms with Crippen molar-refractivity contribution >= 4 is 5.91 Å². The first-order valence-electron chi connectivity index (χ1n) is 9.59. The van der Waals surface area contributed by atoms with Gasteiger partial charge in [0.1, 0.15) is 11.6 Å². The molecule has 1 saturated heterocycles. The molecule has 3 N–H and O–H groups in total. The van der Waals surface area contributed by atoms with Crippen molar-refractivity contribution in [2.45, 2.75) is 31.5 Å². The van der Waals surface area contributed by atoms with Gasteiger partial charge in [0, 0.05) is 30.1 Å². The molecule has 1 aliphatic rings. The Balaban J connectivity index is 1.55. The van der Waals surface area contributed by atoms with Gasteiger partial charge in [-0.25, -0.2) is 4.39 Å². The van der Waals surface area contributed by atoms with Crippen LogP contribution in [0.4, 0.5) is 4.39 Å². The van der Waals surface area contributed by atoms with E-state index >= 15 is 0 Å². The summed E-state index contributed by atoms with van der Waals surface area (Å²) in [6.07, 6.45) is 2.81. The molecule has 0 bridgehead atoms. The molecule has 1 aliphatic heterocycles. The highest BCUT2D eigenvalue weighted by atomic mass is 19.1. The number of nitrogens with zero attached hydrogens (tertiary/aromatic N) is 1. The molecule has 1 fully saturated rings. The normalized spacial score (nSPS) is 19.0. The summed E-state index contributed by atoms with van der Waals surface area (Å²) >= 11 is 0. The van der Waals surface area contributed by atoms with E-state index in [0.717, 1.165) is 16.8 Å². The zero-order valence-electron chi connectivity index (χ0n) is 16.1. The molecule has 1 aromatic heterocycles. The maximum absolute atomic E-state index is 14.5. The number of methoxy groups -OCH3 is 1. The molecular formula is C22H23FN4O2. The third-order valence-electron chi connectivity index (χ3n) is 5.27. The number of hydrogen-bond acceptors (Lipinski definition) is 4. The first kappa shape index (κ1) is 19.1. The van der Waals surface area contributed by atoms with E-state index in [0.29, 0.717) is 30.7 Å². The summed E-state index contributed by atoms with van der Waals surface area (Å²) in [7, 11) is 1.54. The Labute approximate surface area is 168 Å². The third-order valence-corrected chi connectivity index (χ3v) is 5.27. The number of hydrogen-bond donors (Lipinski definition) is 3. The van der Waals surface area contributed by atoms with Gasteiger partial charge < -0.3 is 15.4 Å². The Morgan fingerprint density at radius 3 is 2.86 bits per heavy atom. The van der Waals surface area contributed by atoms with Gasteiger partial charge >= 0.3 is 0 Å². The smallest absolute Gasteiger partial charge is 0.220 e. The molecule has 3 aromatic rings. The third kappa shape index (κ3) is 4.14. The molecule has 0 saturated carbocycles. The average Bonchev–Trinajstić information content (AvgIpc) is 3.22. The molecule has 1 amide bonds. The van der Waals surface area contributed by atoms with Crippen molar-refractivity contribution in [3.63, 3.8) is 0 Å². The van der Waals surface area contributed by atoms with Crippen LogP contribution >= 0.6 is 0 Å². The highest BCUT2D eigenvalue weighted by Gasteiger charge is 2.32. The average molecular weight is 394 g/mol. The van der Waals surface area contributed by atoms with Crippen LogP contribution in [0.3, 0.4) is 0 Å². The van der Waals surface area contributed by atoms with E-state index in [1.165, 1.54) is 13.2 Å². The van der Waals surface area contributed by atoms with E-state index in [1.54, 1.807) is 18.3 Å². The molecule has 7 heteroatoms. The van der Waals surface area contributed by atoms with Crippen molar-refractivity contribution in [3.05, 3.63) is 71.7 Å². The summed E-state index contributed by atoms with van der Waals surface area (Å²) in [5, 5.41) is 13.6. The molecule has 150 valence electrons. The molecule has 0 radical (unpaired) electrons. The molecule has 2 aromatic carbocycles. The van der Waals surface area contributed by atoms with E-state index in [4.69, 9.17) is 4.74 Å². The van der Waals surface area contributed by atoms with Gasteiger partial charge in [0.15, 0.2) is 0 Å². The lowest BCUT2D eigenvalue weighted by Gasteiger charge is -2.33. The summed E-state index contributed by atoms with van der Waals surface area (Å²) in [4.78, 5) is 12.0. The Hall–Kier alpha value is -3.19. The number of carbonyl (C=O) groups excluding carboxylic acids is 1. The van der Waals surface area contributed by atoms with Gasteiger partial charge in [-0.15, -0.1) is 0 Å². The minimum atomic E-state index is -0.474. The van der Waals surface area contributed by atoms with Crippen molar-refractivity contribution in [3.8, 4) is 17.0 Å². The zero-order valence-corrected chi connectivity index (χ0v) is 16.1. The highest BCUT2D eigenvalue weighted by Crippen LogP contribution is 2.30. The number of halogens is 1. The van der Waals surface area contributed by atoms with Crippen LogP contribution in [-0.4, -0.2) is 29.3 Å². The van der Waals surface area contributed by atoms with E-state index in [9.17, 15) is 9.18 Å². The van der Waals surface area contributed by atoms with Crippen molar-refractivity contribution in [2.24, 2.45) is 0 Å². The summed E-state index contributed by atoms with van der Waals surface area (Å²) in [6.45, 7) is 0.545. The molecule has 29 heavy (non-hydrogen) atoms. The first-order valence-corrected chi connectivity index (χ1v) is 9.59. The minimum absolute atomic E-state index is 0.0800. The second-order valence-corrected chi connectivity index (χ2v) is 7.09. The van der Waals surface area contributed by atoms with Gasteiger partial charge in [0.25, 0.3) is 0 Å². The number of ether oxygens (including phenoxy) is 1. The number of rotatable bonds is 6. The standard InChI is InChI=1S/C22H23FN4O2/c1-29-16-7-8-18(23)17(11-16)22-19(9-10-20(28)26-22)24-12-15-13-25-27-21(15)14-5-3-2-4-6-14/h2-8,11,13,19,22,24H,9-10,12H2,1H3,(H,25,27)(H,26,28)/t19-,22+/m1/s1. The molecule has 0 spiro atoms. The van der Waals surface area contributed by atoms with Crippen molar-refractivity contribution in [1.82, 2.24) is 20.8 Å². The van der Waals surface area contributed by atoms with E-state index in [1.807, 2.05) is 30.3 Å². The van der Waals surface area contributed by atoms with Crippen molar-refractivity contribution in [2.75, 3.05) is 7.11 Å². The summed E-state index contributed by atoms with van der Waals surface area (Å²) < 4.78 is 19.8. The van der Waals surface area contributed by atoms with Crippen LogP contribution in [0, 0.1) is 5.82 Å². The van der Waals surface area contributed by atoms with Crippen LogP contribution < -0.4 is 15.4 Å². The fourth-order valence-corrected chi connectivity index (χ4v) is 3.74. The van der Waals surface area contributed by atoms with Crippen LogP contribution in [-0.2, 0) is 11.3 Å². The number of H-pyrrole nitrogens is 1. The Morgan fingerprint density at radius 1 is 1.24 bits per heavy atom. The lowest BCUT2D eigenvalue weighted by Crippen LogP contribution is -2.48. The molecule has 6 nitrogen and oxygen atoms in total. The number of piperidine rings is 1. The number of amides is 1. The van der Waals surface area contributed by atoms with E-state index in [-0.39, 0.29) is 17.8 Å². The van der Waals surface area contributed by atoms with Crippen LogP contribution in [0.2, 0.25) is 0 Å². The summed E-state index contributed by atoms with van der Waals surface area (Å²) in [5.74, 6) is 0.114. The first-order chi connectivity index (χ1) is 14.2. The Bertz CT molecular complexity index is 989. The minimum Gasteiger partial charge on any atom is -0.497 e. The predicted octanol–water partition coefficient (Wildman–Crippen LogP) is 3.33. The second kappa shape index (κ2) is 8.45. The fourth-order valence-electron chi connectivity index (χ4n) is 3.74.